The van der Waals surface area contributed by atoms with E-state index in [9.17, 15) is 0 Å². The van der Waals surface area contributed by atoms with Crippen molar-refractivity contribution in [3.63, 3.8) is 0 Å². The highest BCUT2D eigenvalue weighted by Crippen LogP contribution is 2.35. The van der Waals surface area contributed by atoms with Gasteiger partial charge in [-0.15, -0.1) is 0 Å². The first-order chi connectivity index (χ1) is 11.2. The van der Waals surface area contributed by atoms with Crippen molar-refractivity contribution in [2.75, 3.05) is 15.1 Å². The van der Waals surface area contributed by atoms with Crippen molar-refractivity contribution in [3.8, 4) is 0 Å². The molecule has 7 nitrogen and oxygen atoms in total. The maximum absolute atomic E-state index is 4.50. The molecule has 4 heterocycles. The van der Waals surface area contributed by atoms with Gasteiger partial charge in [-0.3, -0.25) is 0 Å². The van der Waals surface area contributed by atoms with Crippen LogP contribution in [0.1, 0.15) is 13.8 Å². The Morgan fingerprint density at radius 3 is 2.65 bits per heavy atom. The number of nitrogens with zero attached hydrogens (tertiary/aromatic N) is 5. The van der Waals surface area contributed by atoms with E-state index in [4.69, 9.17) is 0 Å². The molecule has 7 heteroatoms. The van der Waals surface area contributed by atoms with Gasteiger partial charge in [0.1, 0.15) is 6.17 Å². The van der Waals surface area contributed by atoms with Gasteiger partial charge in [0.25, 0.3) is 0 Å². The Morgan fingerprint density at radius 1 is 1.09 bits per heavy atom. The smallest absolute Gasteiger partial charge is 0.237 e. The Morgan fingerprint density at radius 2 is 1.87 bits per heavy atom. The molecule has 0 fully saturated rings. The Balaban J connectivity index is 1.80. The van der Waals surface area contributed by atoms with Gasteiger partial charge in [-0.1, -0.05) is 0 Å². The van der Waals surface area contributed by atoms with Gasteiger partial charge in [0.05, 0.1) is 13.2 Å². The molecule has 0 aliphatic carbocycles. The average Bonchev–Trinajstić information content (AvgIpc) is 3.10. The molecule has 118 valence electrons. The van der Waals surface area contributed by atoms with Crippen molar-refractivity contribution in [1.82, 2.24) is 15.3 Å². The third-order valence-electron chi connectivity index (χ3n) is 4.32. The molecule has 0 amide bonds. The number of hydrogen-bond donors (Lipinski definition) is 2. The van der Waals surface area contributed by atoms with Gasteiger partial charge in [0.15, 0.2) is 12.0 Å². The molecule has 2 aliphatic rings. The van der Waals surface area contributed by atoms with E-state index in [1.165, 1.54) is 0 Å². The number of aromatic nitrogens is 3. The second kappa shape index (κ2) is 5.12. The summed E-state index contributed by atoms with van der Waals surface area (Å²) in [5, 5.41) is 6.66. The maximum atomic E-state index is 4.50. The van der Waals surface area contributed by atoms with Crippen molar-refractivity contribution in [2.24, 2.45) is 7.05 Å². The lowest BCUT2D eigenvalue weighted by molar-refractivity contribution is -0.645. The molecule has 0 unspecified atom stereocenters. The van der Waals surface area contributed by atoms with Gasteiger partial charge in [-0.25, -0.2) is 24.3 Å². The van der Waals surface area contributed by atoms with Crippen LogP contribution in [0.15, 0.2) is 43.0 Å². The minimum atomic E-state index is 0.0959. The molecule has 0 saturated heterocycles. The zero-order valence-electron chi connectivity index (χ0n) is 13.4. The summed E-state index contributed by atoms with van der Waals surface area (Å²) in [4.78, 5) is 13.2. The summed E-state index contributed by atoms with van der Waals surface area (Å²) in [7, 11) is 2.07. The van der Waals surface area contributed by atoms with E-state index in [0.717, 1.165) is 23.3 Å². The largest absolute Gasteiger partial charge is 0.357 e. The van der Waals surface area contributed by atoms with Crippen LogP contribution in [0.4, 0.5) is 23.3 Å². The van der Waals surface area contributed by atoms with Crippen molar-refractivity contribution >= 4 is 23.3 Å². The van der Waals surface area contributed by atoms with E-state index in [1.54, 1.807) is 12.4 Å². The third-order valence-corrected chi connectivity index (χ3v) is 4.32. The highest BCUT2D eigenvalue weighted by molar-refractivity contribution is 5.73. The first kappa shape index (κ1) is 13.8. The number of hydrogen-bond acceptors (Lipinski definition) is 6. The molecule has 4 rings (SSSR count). The van der Waals surface area contributed by atoms with Gasteiger partial charge < -0.3 is 10.6 Å². The van der Waals surface area contributed by atoms with Crippen LogP contribution in [-0.4, -0.2) is 22.3 Å². The number of pyridine rings is 1. The Kier molecular flexibility index (Phi) is 3.07. The quantitative estimate of drug-likeness (QED) is 0.819. The summed E-state index contributed by atoms with van der Waals surface area (Å²) in [5.74, 6) is 3.85. The fourth-order valence-corrected chi connectivity index (χ4v) is 3.17. The average molecular weight is 310 g/mol. The Hall–Kier alpha value is -2.83. The second-order valence-electron chi connectivity index (χ2n) is 5.79. The van der Waals surface area contributed by atoms with Crippen molar-refractivity contribution in [1.29, 1.82) is 0 Å². The molecule has 0 aromatic carbocycles. The Labute approximate surface area is 135 Å². The lowest BCUT2D eigenvalue weighted by Gasteiger charge is -2.23. The molecule has 23 heavy (non-hydrogen) atoms. The maximum Gasteiger partial charge on any atom is 0.237 e. The van der Waals surface area contributed by atoms with E-state index < -0.39 is 0 Å². The van der Waals surface area contributed by atoms with Gasteiger partial charge >= 0.3 is 0 Å². The van der Waals surface area contributed by atoms with E-state index in [0.29, 0.717) is 0 Å². The van der Waals surface area contributed by atoms with E-state index in [2.05, 4.69) is 80.3 Å². The van der Waals surface area contributed by atoms with Crippen LogP contribution < -0.4 is 25.0 Å². The zero-order chi connectivity index (χ0) is 16.0. The first-order valence-electron chi connectivity index (χ1n) is 7.73. The van der Waals surface area contributed by atoms with Crippen molar-refractivity contribution in [2.45, 2.75) is 26.2 Å². The van der Waals surface area contributed by atoms with E-state index in [1.807, 2.05) is 6.20 Å². The lowest BCUT2D eigenvalue weighted by atomic mass is 10.3. The molecular formula is C16H20N7+. The predicted molar refractivity (Wildman–Crippen MR) is 89.1 cm³/mol. The SMILES string of the molecule is C[C@@H]1Nc2nccnc2N1c1cccc(N2C=CN[C@@H]2C)[n+]1C. The normalized spacial score (nSPS) is 22.0. The van der Waals surface area contributed by atoms with Crippen LogP contribution in [0.5, 0.6) is 0 Å². The minimum Gasteiger partial charge on any atom is -0.357 e. The molecule has 2 aromatic heterocycles. The van der Waals surface area contributed by atoms with Crippen LogP contribution >= 0.6 is 0 Å². The van der Waals surface area contributed by atoms with Crippen LogP contribution in [0.2, 0.25) is 0 Å². The molecule has 0 bridgehead atoms. The van der Waals surface area contributed by atoms with Crippen LogP contribution in [0, 0.1) is 0 Å². The monoisotopic (exact) mass is 310 g/mol. The molecule has 0 saturated carbocycles. The predicted octanol–water partition coefficient (Wildman–Crippen LogP) is 1.44. The van der Waals surface area contributed by atoms with Gasteiger partial charge in [0, 0.05) is 30.7 Å². The number of fused-ring (bicyclic) bond motifs is 1. The molecule has 0 radical (unpaired) electrons. The minimum absolute atomic E-state index is 0.0959. The van der Waals surface area contributed by atoms with Gasteiger partial charge in [-0.05, 0) is 19.9 Å². The van der Waals surface area contributed by atoms with E-state index >= 15 is 0 Å². The summed E-state index contributed by atoms with van der Waals surface area (Å²) >= 11 is 0. The first-order valence-corrected chi connectivity index (χ1v) is 7.73. The molecule has 2 aromatic rings. The van der Waals surface area contributed by atoms with E-state index in [-0.39, 0.29) is 12.3 Å². The molecular weight excluding hydrogens is 290 g/mol. The number of rotatable bonds is 2. The summed E-state index contributed by atoms with van der Waals surface area (Å²) in [6.45, 7) is 4.24. The zero-order valence-corrected chi connectivity index (χ0v) is 13.4. The fourth-order valence-electron chi connectivity index (χ4n) is 3.17. The number of nitrogens with one attached hydrogen (secondary N) is 2. The molecule has 2 aliphatic heterocycles. The highest BCUT2D eigenvalue weighted by Gasteiger charge is 2.36. The topological polar surface area (TPSA) is 60.2 Å². The van der Waals surface area contributed by atoms with Crippen molar-refractivity contribution < 1.29 is 4.57 Å². The van der Waals surface area contributed by atoms with Crippen LogP contribution in [0.25, 0.3) is 0 Å². The number of anilines is 4. The van der Waals surface area contributed by atoms with Crippen LogP contribution in [0.3, 0.4) is 0 Å². The lowest BCUT2D eigenvalue weighted by Crippen LogP contribution is -2.46. The van der Waals surface area contributed by atoms with Gasteiger partial charge in [0.2, 0.25) is 17.5 Å². The van der Waals surface area contributed by atoms with Crippen LogP contribution in [-0.2, 0) is 7.05 Å². The fraction of sp³-hybridized carbons (Fsp3) is 0.312. The second-order valence-corrected chi connectivity index (χ2v) is 5.79. The summed E-state index contributed by atoms with van der Waals surface area (Å²) in [6, 6.07) is 6.29. The summed E-state index contributed by atoms with van der Waals surface area (Å²) < 4.78 is 2.18. The summed E-state index contributed by atoms with van der Waals surface area (Å²) in [5.41, 5.74) is 0. The third kappa shape index (κ3) is 2.08. The summed E-state index contributed by atoms with van der Waals surface area (Å²) in [6.07, 6.45) is 7.79. The highest BCUT2D eigenvalue weighted by atomic mass is 15.4. The van der Waals surface area contributed by atoms with Crippen molar-refractivity contribution in [3.05, 3.63) is 43.0 Å². The standard InChI is InChI=1S/C16H20N7/c1-11-17-9-10-22(11)13-5-4-6-14(21(13)3)23-12(2)20-15-16(23)19-8-7-18-15/h4-12,17H,1-3H3,(H,18,20)/q+1/t11-,12+/m0/s1. The molecule has 2 atom stereocenters. The molecule has 2 N–H and O–H groups in total. The molecule has 0 spiro atoms. The Bertz CT molecular complexity index is 773. The van der Waals surface area contributed by atoms with Gasteiger partial charge in [-0.2, -0.15) is 0 Å².